The van der Waals surface area contributed by atoms with Gasteiger partial charge in [0.25, 0.3) is 0 Å². The normalized spacial score (nSPS) is 21.0. The molecule has 3 rings (SSSR count). The number of aliphatic imine (C=N–C) groups is 1. The van der Waals surface area contributed by atoms with Crippen molar-refractivity contribution in [2.24, 2.45) is 4.99 Å². The highest BCUT2D eigenvalue weighted by atomic mass is 127. The number of benzene rings is 1. The van der Waals surface area contributed by atoms with Crippen molar-refractivity contribution >= 4 is 29.9 Å². The smallest absolute Gasteiger partial charge is 0.194 e. The SMILES string of the molecule is CCNC(=NCC(O)c1cc(OC)cc(OC)c1)N1CCC(N2CCCC2)C1.I. The summed E-state index contributed by atoms with van der Waals surface area (Å²) in [5, 5.41) is 14.1. The van der Waals surface area contributed by atoms with E-state index in [0.717, 1.165) is 31.2 Å². The van der Waals surface area contributed by atoms with Crippen molar-refractivity contribution in [1.29, 1.82) is 0 Å². The largest absolute Gasteiger partial charge is 0.497 e. The Hall–Kier alpha value is -1.26. The fraction of sp³-hybridized carbons (Fsp3) is 0.667. The molecule has 2 N–H and O–H groups in total. The van der Waals surface area contributed by atoms with Crippen molar-refractivity contribution in [2.75, 3.05) is 53.5 Å². The number of nitrogens with one attached hydrogen (secondary N) is 1. The molecule has 2 fully saturated rings. The Morgan fingerprint density at radius 2 is 1.83 bits per heavy atom. The molecule has 0 saturated carbocycles. The minimum absolute atomic E-state index is 0. The molecule has 0 aromatic heterocycles. The number of hydrogen-bond acceptors (Lipinski definition) is 5. The molecule has 7 nitrogen and oxygen atoms in total. The van der Waals surface area contributed by atoms with Crippen LogP contribution >= 0.6 is 24.0 Å². The molecule has 0 aliphatic carbocycles. The summed E-state index contributed by atoms with van der Waals surface area (Å²) < 4.78 is 10.6. The second kappa shape index (κ2) is 11.8. The minimum atomic E-state index is -0.713. The minimum Gasteiger partial charge on any atom is -0.497 e. The molecule has 164 valence electrons. The summed E-state index contributed by atoms with van der Waals surface area (Å²) in [4.78, 5) is 9.66. The van der Waals surface area contributed by atoms with Crippen molar-refractivity contribution in [1.82, 2.24) is 15.1 Å². The van der Waals surface area contributed by atoms with Gasteiger partial charge in [0.2, 0.25) is 0 Å². The van der Waals surface area contributed by atoms with Gasteiger partial charge in [0.05, 0.1) is 26.9 Å². The summed E-state index contributed by atoms with van der Waals surface area (Å²) in [6.45, 7) is 7.65. The highest BCUT2D eigenvalue weighted by Crippen LogP contribution is 2.27. The van der Waals surface area contributed by atoms with Crippen LogP contribution in [0.25, 0.3) is 0 Å². The average Bonchev–Trinajstić information content (AvgIpc) is 3.42. The summed E-state index contributed by atoms with van der Waals surface area (Å²) in [5.74, 6) is 2.22. The molecule has 0 spiro atoms. The van der Waals surface area contributed by atoms with Crippen LogP contribution in [0.1, 0.15) is 37.9 Å². The zero-order valence-corrected chi connectivity index (χ0v) is 20.1. The van der Waals surface area contributed by atoms with Gasteiger partial charge in [-0.3, -0.25) is 9.89 Å². The van der Waals surface area contributed by atoms with Crippen molar-refractivity contribution in [3.63, 3.8) is 0 Å². The number of likely N-dealkylation sites (tertiary alicyclic amines) is 2. The van der Waals surface area contributed by atoms with Gasteiger partial charge in [-0.15, -0.1) is 24.0 Å². The number of methoxy groups -OCH3 is 2. The van der Waals surface area contributed by atoms with E-state index >= 15 is 0 Å². The molecule has 0 radical (unpaired) electrons. The van der Waals surface area contributed by atoms with Crippen molar-refractivity contribution in [3.8, 4) is 11.5 Å². The number of nitrogens with zero attached hydrogens (tertiary/aromatic N) is 3. The zero-order valence-electron chi connectivity index (χ0n) is 17.8. The second-order valence-corrected chi connectivity index (χ2v) is 7.49. The molecule has 2 aliphatic rings. The molecule has 2 heterocycles. The first-order chi connectivity index (χ1) is 13.6. The Labute approximate surface area is 191 Å². The third kappa shape index (κ3) is 6.36. The standard InChI is InChI=1S/C21H34N4O3.HI/c1-4-22-21(25-10-7-17(15-25)24-8-5-6-9-24)23-14-20(26)16-11-18(27-2)13-19(12-16)28-3;/h11-13,17,20,26H,4-10,14-15H2,1-3H3,(H,22,23);1H. The number of aliphatic hydroxyl groups excluding tert-OH is 1. The van der Waals surface area contributed by atoms with Crippen LogP contribution < -0.4 is 14.8 Å². The summed E-state index contributed by atoms with van der Waals surface area (Å²) in [7, 11) is 3.22. The lowest BCUT2D eigenvalue weighted by Gasteiger charge is -2.25. The van der Waals surface area contributed by atoms with Gasteiger partial charge < -0.3 is 24.8 Å². The monoisotopic (exact) mass is 518 g/mol. The van der Waals surface area contributed by atoms with E-state index in [1.165, 1.54) is 32.4 Å². The molecule has 29 heavy (non-hydrogen) atoms. The van der Waals surface area contributed by atoms with Crippen LogP contribution in [0.2, 0.25) is 0 Å². The molecule has 1 aromatic carbocycles. The number of rotatable bonds is 7. The van der Waals surface area contributed by atoms with Crippen LogP contribution in [0.3, 0.4) is 0 Å². The quantitative estimate of drug-likeness (QED) is 0.329. The van der Waals surface area contributed by atoms with Crippen molar-refractivity contribution < 1.29 is 14.6 Å². The number of aliphatic hydroxyl groups is 1. The molecular weight excluding hydrogens is 483 g/mol. The van der Waals surface area contributed by atoms with Crippen LogP contribution in [0, 0.1) is 0 Å². The first-order valence-corrected chi connectivity index (χ1v) is 10.3. The van der Waals surface area contributed by atoms with Gasteiger partial charge in [-0.25, -0.2) is 0 Å². The maximum Gasteiger partial charge on any atom is 0.194 e. The van der Waals surface area contributed by atoms with Gasteiger partial charge in [0, 0.05) is 31.7 Å². The predicted octanol–water partition coefficient (Wildman–Crippen LogP) is 2.49. The third-order valence-electron chi connectivity index (χ3n) is 5.63. The lowest BCUT2D eigenvalue weighted by Crippen LogP contribution is -2.43. The van der Waals surface area contributed by atoms with E-state index in [-0.39, 0.29) is 24.0 Å². The average molecular weight is 518 g/mol. The van der Waals surface area contributed by atoms with Gasteiger partial charge in [-0.2, -0.15) is 0 Å². The summed E-state index contributed by atoms with van der Waals surface area (Å²) in [6.07, 6.45) is 3.11. The molecule has 2 unspecified atom stereocenters. The van der Waals surface area contributed by atoms with Crippen LogP contribution in [-0.4, -0.2) is 80.4 Å². The lowest BCUT2D eigenvalue weighted by atomic mass is 10.1. The fourth-order valence-electron chi connectivity index (χ4n) is 4.06. The molecular formula is C21H35IN4O3. The highest BCUT2D eigenvalue weighted by Gasteiger charge is 2.30. The summed E-state index contributed by atoms with van der Waals surface area (Å²) in [5.41, 5.74) is 0.743. The highest BCUT2D eigenvalue weighted by molar-refractivity contribution is 14.0. The summed E-state index contributed by atoms with van der Waals surface area (Å²) >= 11 is 0. The predicted molar refractivity (Wildman–Crippen MR) is 127 cm³/mol. The molecule has 2 atom stereocenters. The lowest BCUT2D eigenvalue weighted by molar-refractivity contribution is 0.185. The van der Waals surface area contributed by atoms with E-state index in [1.807, 2.05) is 12.1 Å². The van der Waals surface area contributed by atoms with Crippen LogP contribution in [-0.2, 0) is 0 Å². The fourth-order valence-corrected chi connectivity index (χ4v) is 4.06. The van der Waals surface area contributed by atoms with E-state index in [2.05, 4.69) is 22.0 Å². The number of guanidine groups is 1. The Balaban J connectivity index is 0.00000300. The van der Waals surface area contributed by atoms with Gasteiger partial charge in [0.1, 0.15) is 11.5 Å². The van der Waals surface area contributed by atoms with Crippen molar-refractivity contribution in [3.05, 3.63) is 23.8 Å². The van der Waals surface area contributed by atoms with E-state index in [1.54, 1.807) is 20.3 Å². The van der Waals surface area contributed by atoms with Gasteiger partial charge >= 0.3 is 0 Å². The first kappa shape index (κ1) is 24.0. The molecule has 0 bridgehead atoms. The van der Waals surface area contributed by atoms with E-state index in [9.17, 15) is 5.11 Å². The maximum absolute atomic E-state index is 10.7. The molecule has 0 amide bonds. The van der Waals surface area contributed by atoms with Gasteiger partial charge in [-0.1, -0.05) is 0 Å². The van der Waals surface area contributed by atoms with E-state index < -0.39 is 6.10 Å². The summed E-state index contributed by atoms with van der Waals surface area (Å²) in [6, 6.07) is 6.08. The van der Waals surface area contributed by atoms with Gasteiger partial charge in [0.15, 0.2) is 5.96 Å². The second-order valence-electron chi connectivity index (χ2n) is 7.49. The van der Waals surface area contributed by atoms with Crippen molar-refractivity contribution in [2.45, 2.75) is 38.3 Å². The molecule has 2 saturated heterocycles. The third-order valence-corrected chi connectivity index (χ3v) is 5.63. The van der Waals surface area contributed by atoms with Crippen LogP contribution in [0.4, 0.5) is 0 Å². The zero-order chi connectivity index (χ0) is 19.9. The number of halogens is 1. The Bertz CT molecular complexity index is 645. The first-order valence-electron chi connectivity index (χ1n) is 10.3. The van der Waals surface area contributed by atoms with E-state index in [0.29, 0.717) is 24.1 Å². The Kier molecular flexibility index (Phi) is 9.78. The van der Waals surface area contributed by atoms with Crippen LogP contribution in [0.15, 0.2) is 23.2 Å². The molecule has 1 aromatic rings. The molecule has 2 aliphatic heterocycles. The van der Waals surface area contributed by atoms with E-state index in [4.69, 9.17) is 14.5 Å². The number of ether oxygens (including phenoxy) is 2. The van der Waals surface area contributed by atoms with Crippen LogP contribution in [0.5, 0.6) is 11.5 Å². The Morgan fingerprint density at radius 3 is 2.41 bits per heavy atom. The van der Waals surface area contributed by atoms with Gasteiger partial charge in [-0.05, 0) is 57.0 Å². The topological polar surface area (TPSA) is 69.6 Å². The molecule has 8 heteroatoms. The Morgan fingerprint density at radius 1 is 1.17 bits per heavy atom. The number of hydrogen-bond donors (Lipinski definition) is 2. The maximum atomic E-state index is 10.7.